The van der Waals surface area contributed by atoms with Gasteiger partial charge < -0.3 is 9.80 Å². The number of likely N-dealkylation sites (N-methyl/N-ethyl adjacent to an activating group) is 1. The molecule has 132 valence electrons. The molecule has 1 saturated heterocycles. The lowest BCUT2D eigenvalue weighted by Gasteiger charge is -2.37. The Morgan fingerprint density at radius 2 is 1.72 bits per heavy atom. The zero-order valence-electron chi connectivity index (χ0n) is 14.7. The van der Waals surface area contributed by atoms with Gasteiger partial charge in [0.2, 0.25) is 0 Å². The maximum atomic E-state index is 13.0. The lowest BCUT2D eigenvalue weighted by molar-refractivity contribution is 0.0647. The number of carbonyl (C=O) groups excluding carboxylic acids is 1. The summed E-state index contributed by atoms with van der Waals surface area (Å²) in [5.74, 6) is -0.305. The molecule has 0 aliphatic carbocycles. The smallest absolute Gasteiger partial charge is 0.253 e. The van der Waals surface area contributed by atoms with E-state index in [1.165, 1.54) is 17.7 Å². The molecule has 3 nitrogen and oxygen atoms in total. The Balaban J connectivity index is 1.47. The predicted molar refractivity (Wildman–Crippen MR) is 98.1 cm³/mol. The van der Waals surface area contributed by atoms with E-state index in [1.54, 1.807) is 12.1 Å². The molecule has 0 radical (unpaired) electrons. The number of piperidine rings is 1. The molecular formula is C21H25FN2O. The number of likely N-dealkylation sites (tertiary alicyclic amines) is 1. The molecule has 0 spiro atoms. The van der Waals surface area contributed by atoms with Crippen LogP contribution in [0, 0.1) is 5.82 Å². The third kappa shape index (κ3) is 4.67. The molecule has 0 saturated carbocycles. The van der Waals surface area contributed by atoms with Crippen LogP contribution in [-0.4, -0.2) is 48.4 Å². The van der Waals surface area contributed by atoms with Gasteiger partial charge in [-0.05, 0) is 56.1 Å². The van der Waals surface area contributed by atoms with Gasteiger partial charge in [-0.1, -0.05) is 30.3 Å². The maximum Gasteiger partial charge on any atom is 0.253 e. The highest BCUT2D eigenvalue weighted by Gasteiger charge is 2.25. The average molecular weight is 340 g/mol. The fraction of sp³-hybridized carbons (Fsp3) is 0.381. The Morgan fingerprint density at radius 3 is 2.36 bits per heavy atom. The summed E-state index contributed by atoms with van der Waals surface area (Å²) >= 11 is 0. The fourth-order valence-electron chi connectivity index (χ4n) is 3.42. The summed E-state index contributed by atoms with van der Waals surface area (Å²) in [6.45, 7) is 2.55. The number of halogens is 1. The Kier molecular flexibility index (Phi) is 5.82. The third-order valence-corrected chi connectivity index (χ3v) is 5.06. The molecule has 4 heteroatoms. The molecule has 2 aromatic carbocycles. The van der Waals surface area contributed by atoms with Crippen molar-refractivity contribution in [2.75, 3.05) is 26.7 Å². The summed E-state index contributed by atoms with van der Waals surface area (Å²) in [4.78, 5) is 16.8. The fourth-order valence-corrected chi connectivity index (χ4v) is 3.42. The summed E-state index contributed by atoms with van der Waals surface area (Å²) in [6, 6.07) is 16.9. The standard InChI is InChI=1S/C21H25FN2O/c1-23(14-11-17-5-3-2-4-6-17)20-12-15-24(16-13-20)21(25)18-7-9-19(22)10-8-18/h2-10,20H,11-16H2,1H3. The van der Waals surface area contributed by atoms with Crippen LogP contribution in [0.3, 0.4) is 0 Å². The molecule has 1 heterocycles. The second-order valence-corrected chi connectivity index (χ2v) is 6.75. The second-order valence-electron chi connectivity index (χ2n) is 6.75. The number of carbonyl (C=O) groups is 1. The van der Waals surface area contributed by atoms with Crippen molar-refractivity contribution in [3.63, 3.8) is 0 Å². The molecule has 1 fully saturated rings. The van der Waals surface area contributed by atoms with Gasteiger partial charge in [0.15, 0.2) is 0 Å². The van der Waals surface area contributed by atoms with Gasteiger partial charge in [0.05, 0.1) is 0 Å². The van der Waals surface area contributed by atoms with Gasteiger partial charge in [-0.15, -0.1) is 0 Å². The molecule has 0 aromatic heterocycles. The van der Waals surface area contributed by atoms with Crippen LogP contribution in [0.4, 0.5) is 4.39 Å². The van der Waals surface area contributed by atoms with E-state index >= 15 is 0 Å². The summed E-state index contributed by atoms with van der Waals surface area (Å²) in [7, 11) is 2.17. The van der Waals surface area contributed by atoms with Gasteiger partial charge in [0.1, 0.15) is 5.82 Å². The largest absolute Gasteiger partial charge is 0.339 e. The quantitative estimate of drug-likeness (QED) is 0.830. The molecule has 0 atom stereocenters. The van der Waals surface area contributed by atoms with Gasteiger partial charge in [0, 0.05) is 31.2 Å². The van der Waals surface area contributed by atoms with Crippen LogP contribution in [0.25, 0.3) is 0 Å². The van der Waals surface area contributed by atoms with Gasteiger partial charge in [-0.3, -0.25) is 4.79 Å². The van der Waals surface area contributed by atoms with Crippen molar-refractivity contribution in [2.45, 2.75) is 25.3 Å². The summed E-state index contributed by atoms with van der Waals surface area (Å²) < 4.78 is 13.0. The number of benzene rings is 2. The molecule has 3 rings (SSSR count). The summed E-state index contributed by atoms with van der Waals surface area (Å²) in [5, 5.41) is 0. The van der Waals surface area contributed by atoms with Crippen LogP contribution in [0.15, 0.2) is 54.6 Å². The van der Waals surface area contributed by atoms with Crippen molar-refractivity contribution >= 4 is 5.91 Å². The Morgan fingerprint density at radius 1 is 1.08 bits per heavy atom. The Bertz CT molecular complexity index is 679. The topological polar surface area (TPSA) is 23.6 Å². The molecular weight excluding hydrogens is 315 g/mol. The molecule has 1 amide bonds. The summed E-state index contributed by atoms with van der Waals surface area (Å²) in [6.07, 6.45) is 3.02. The molecule has 25 heavy (non-hydrogen) atoms. The molecule has 1 aliphatic heterocycles. The van der Waals surface area contributed by atoms with Crippen molar-refractivity contribution in [1.29, 1.82) is 0 Å². The minimum absolute atomic E-state index is 0.00499. The number of hydrogen-bond donors (Lipinski definition) is 0. The van der Waals surface area contributed by atoms with Crippen LogP contribution in [-0.2, 0) is 6.42 Å². The van der Waals surface area contributed by atoms with Crippen LogP contribution in [0.2, 0.25) is 0 Å². The second kappa shape index (κ2) is 8.26. The van der Waals surface area contributed by atoms with Crippen LogP contribution in [0.1, 0.15) is 28.8 Å². The number of amides is 1. The van der Waals surface area contributed by atoms with E-state index in [-0.39, 0.29) is 11.7 Å². The molecule has 0 bridgehead atoms. The first-order valence-electron chi connectivity index (χ1n) is 8.92. The van der Waals surface area contributed by atoms with E-state index in [0.717, 1.165) is 38.9 Å². The number of hydrogen-bond acceptors (Lipinski definition) is 2. The van der Waals surface area contributed by atoms with Crippen molar-refractivity contribution in [1.82, 2.24) is 9.80 Å². The first-order chi connectivity index (χ1) is 12.1. The predicted octanol–water partition coefficient (Wildman–Crippen LogP) is 3.60. The van der Waals surface area contributed by atoms with Gasteiger partial charge >= 0.3 is 0 Å². The third-order valence-electron chi connectivity index (χ3n) is 5.06. The highest BCUT2D eigenvalue weighted by molar-refractivity contribution is 5.94. The Labute approximate surface area is 149 Å². The van der Waals surface area contributed by atoms with Crippen LogP contribution < -0.4 is 0 Å². The van der Waals surface area contributed by atoms with E-state index in [9.17, 15) is 9.18 Å². The molecule has 0 unspecified atom stereocenters. The highest BCUT2D eigenvalue weighted by atomic mass is 19.1. The van der Waals surface area contributed by atoms with E-state index in [0.29, 0.717) is 11.6 Å². The monoisotopic (exact) mass is 340 g/mol. The van der Waals surface area contributed by atoms with E-state index in [1.807, 2.05) is 11.0 Å². The van der Waals surface area contributed by atoms with E-state index in [2.05, 4.69) is 36.2 Å². The van der Waals surface area contributed by atoms with Gasteiger partial charge in [-0.2, -0.15) is 0 Å². The van der Waals surface area contributed by atoms with Crippen LogP contribution in [0.5, 0.6) is 0 Å². The van der Waals surface area contributed by atoms with Crippen molar-refractivity contribution in [3.8, 4) is 0 Å². The number of rotatable bonds is 5. The highest BCUT2D eigenvalue weighted by Crippen LogP contribution is 2.18. The zero-order valence-corrected chi connectivity index (χ0v) is 14.7. The lowest BCUT2D eigenvalue weighted by atomic mass is 10.0. The zero-order chi connectivity index (χ0) is 17.6. The van der Waals surface area contributed by atoms with Crippen molar-refractivity contribution in [3.05, 3.63) is 71.5 Å². The number of nitrogens with zero attached hydrogens (tertiary/aromatic N) is 2. The van der Waals surface area contributed by atoms with Gasteiger partial charge in [-0.25, -0.2) is 4.39 Å². The van der Waals surface area contributed by atoms with E-state index < -0.39 is 0 Å². The molecule has 1 aliphatic rings. The maximum absolute atomic E-state index is 13.0. The Hall–Kier alpha value is -2.20. The SMILES string of the molecule is CN(CCc1ccccc1)C1CCN(C(=O)c2ccc(F)cc2)CC1. The van der Waals surface area contributed by atoms with Crippen molar-refractivity contribution in [2.24, 2.45) is 0 Å². The van der Waals surface area contributed by atoms with E-state index in [4.69, 9.17) is 0 Å². The van der Waals surface area contributed by atoms with Crippen LogP contribution >= 0.6 is 0 Å². The molecule has 2 aromatic rings. The lowest BCUT2D eigenvalue weighted by Crippen LogP contribution is -2.46. The van der Waals surface area contributed by atoms with Gasteiger partial charge in [0.25, 0.3) is 5.91 Å². The van der Waals surface area contributed by atoms with Crippen molar-refractivity contribution < 1.29 is 9.18 Å². The summed E-state index contributed by atoms with van der Waals surface area (Å²) in [5.41, 5.74) is 1.93. The minimum Gasteiger partial charge on any atom is -0.339 e. The first kappa shape index (κ1) is 17.6. The first-order valence-corrected chi connectivity index (χ1v) is 8.92. The molecule has 0 N–H and O–H groups in total. The normalized spacial score (nSPS) is 15.6. The minimum atomic E-state index is -0.310. The average Bonchev–Trinajstić information content (AvgIpc) is 2.67.